The minimum Gasteiger partial charge on any atom is -0.490 e. The van der Waals surface area contributed by atoms with Gasteiger partial charge in [0, 0.05) is 15.7 Å². The van der Waals surface area contributed by atoms with Crippen molar-refractivity contribution in [1.82, 2.24) is 16.1 Å². The molecule has 2 amide bonds. The molecule has 4 N–H and O–H groups in total. The molecule has 13 heteroatoms. The highest BCUT2D eigenvalue weighted by atomic mass is 127. The van der Waals surface area contributed by atoms with Gasteiger partial charge in [-0.1, -0.05) is 22.0 Å². The van der Waals surface area contributed by atoms with Crippen molar-refractivity contribution in [2.75, 3.05) is 20.3 Å². The van der Waals surface area contributed by atoms with Crippen molar-refractivity contribution in [1.29, 1.82) is 0 Å². The molecule has 216 valence electrons. The van der Waals surface area contributed by atoms with E-state index in [9.17, 15) is 14.7 Å². The third kappa shape index (κ3) is 8.24. The third-order valence-corrected chi connectivity index (χ3v) is 6.75. The average Bonchev–Trinajstić information content (AvgIpc) is 2.89. The zero-order chi connectivity index (χ0) is 29.4. The maximum atomic E-state index is 12.4. The molecule has 0 saturated heterocycles. The normalized spacial score (nSPS) is 15.9. The zero-order valence-electron chi connectivity index (χ0n) is 22.7. The van der Waals surface area contributed by atoms with Gasteiger partial charge in [0.05, 0.1) is 41.2 Å². The first-order chi connectivity index (χ1) is 19.0. The van der Waals surface area contributed by atoms with Gasteiger partial charge in [0.15, 0.2) is 17.7 Å². The smallest absolute Gasteiger partial charge is 0.337 e. The number of methoxy groups -OCH3 is 1. The lowest BCUT2D eigenvalue weighted by Gasteiger charge is -2.28. The molecule has 11 nitrogen and oxygen atoms in total. The summed E-state index contributed by atoms with van der Waals surface area (Å²) in [6.07, 6.45) is 0.417. The second-order valence-electron chi connectivity index (χ2n) is 8.89. The Balaban J connectivity index is 1.72. The van der Waals surface area contributed by atoms with Crippen LogP contribution in [0, 0.1) is 3.57 Å². The molecule has 2 atom stereocenters. The summed E-state index contributed by atoms with van der Waals surface area (Å²) in [5, 5.41) is 19.9. The van der Waals surface area contributed by atoms with E-state index in [4.69, 9.17) is 18.9 Å². The van der Waals surface area contributed by atoms with E-state index in [1.807, 2.05) is 32.9 Å². The van der Waals surface area contributed by atoms with Gasteiger partial charge in [-0.2, -0.15) is 5.10 Å². The van der Waals surface area contributed by atoms with E-state index in [0.717, 1.165) is 13.6 Å². The summed E-state index contributed by atoms with van der Waals surface area (Å²) in [5.74, 6) is 0.875. The number of halogens is 2. The van der Waals surface area contributed by atoms with E-state index in [-0.39, 0.29) is 18.3 Å². The van der Waals surface area contributed by atoms with Gasteiger partial charge in [0.2, 0.25) is 0 Å². The lowest BCUT2D eigenvalue weighted by atomic mass is 9.95. The molecular formula is C27H32BrIN4O7. The largest absolute Gasteiger partial charge is 0.490 e. The highest BCUT2D eigenvalue weighted by molar-refractivity contribution is 14.1. The number of nitrogens with zero attached hydrogens (tertiary/aromatic N) is 1. The summed E-state index contributed by atoms with van der Waals surface area (Å²) >= 11 is 5.68. The number of nitrogens with one attached hydrogen (secondary N) is 3. The van der Waals surface area contributed by atoms with Gasteiger partial charge >= 0.3 is 12.0 Å². The number of esters is 1. The van der Waals surface area contributed by atoms with Crippen molar-refractivity contribution in [2.45, 2.75) is 46.1 Å². The van der Waals surface area contributed by atoms with Crippen LogP contribution in [0.5, 0.6) is 17.2 Å². The molecule has 0 aliphatic carbocycles. The summed E-state index contributed by atoms with van der Waals surface area (Å²) in [4.78, 5) is 24.5. The summed E-state index contributed by atoms with van der Waals surface area (Å²) < 4.78 is 24.2. The highest BCUT2D eigenvalue weighted by Gasteiger charge is 2.32. The Kier molecular flexibility index (Phi) is 11.5. The molecule has 0 aromatic heterocycles. The van der Waals surface area contributed by atoms with Crippen molar-refractivity contribution in [3.63, 3.8) is 0 Å². The monoisotopic (exact) mass is 730 g/mol. The summed E-state index contributed by atoms with van der Waals surface area (Å²) in [6.45, 7) is 7.54. The van der Waals surface area contributed by atoms with Crippen LogP contribution in [0.4, 0.5) is 4.79 Å². The standard InChI is InChI=1S/C27H32BrIN4O7/c1-6-38-21-10-16(24-23(26(35)37-5)15(4)31-27(36)32-24)7-8-20(21)39-13-22(34)33-30-12-17-9-18(28)11-19(29)25(17)40-14(2)3/h7-12,14,22,24,33-34H,6,13H2,1-5H3,(H2,31,32,36)/b30-12+/t22-,24-/m0/s1. The minimum absolute atomic E-state index is 0.0159. The number of hydrazone groups is 1. The molecule has 3 rings (SSSR count). The Hall–Kier alpha value is -3.04. The number of carbonyl (C=O) groups excluding carboxylic acids is 2. The van der Waals surface area contributed by atoms with Crippen LogP contribution in [0.3, 0.4) is 0 Å². The SMILES string of the molecule is CCOc1cc([C@@H]2NC(=O)NC(C)=C2C(=O)OC)ccc1OC[C@H](O)N/N=C/c1cc(Br)cc(I)c1OC(C)C. The number of urea groups is 1. The predicted molar refractivity (Wildman–Crippen MR) is 162 cm³/mol. The number of amides is 2. The molecule has 0 saturated carbocycles. The summed E-state index contributed by atoms with van der Waals surface area (Å²) in [6, 6.07) is 7.65. The van der Waals surface area contributed by atoms with Gasteiger partial charge in [0.1, 0.15) is 12.4 Å². The molecule has 0 spiro atoms. The number of allylic oxidation sites excluding steroid dienone is 1. The van der Waals surface area contributed by atoms with Crippen molar-refractivity contribution in [2.24, 2.45) is 5.10 Å². The second-order valence-corrected chi connectivity index (χ2v) is 11.0. The van der Waals surface area contributed by atoms with Gasteiger partial charge in [-0.3, -0.25) is 5.43 Å². The zero-order valence-corrected chi connectivity index (χ0v) is 26.5. The Morgan fingerprint density at radius 2 is 2.00 bits per heavy atom. The molecule has 1 aliphatic heterocycles. The lowest BCUT2D eigenvalue weighted by molar-refractivity contribution is -0.136. The van der Waals surface area contributed by atoms with Gasteiger partial charge in [-0.05, 0) is 80.1 Å². The number of hydrogen-bond acceptors (Lipinski definition) is 9. The lowest BCUT2D eigenvalue weighted by Crippen LogP contribution is -2.45. The molecule has 0 unspecified atom stereocenters. The molecule has 40 heavy (non-hydrogen) atoms. The van der Waals surface area contributed by atoms with E-state index >= 15 is 0 Å². The molecule has 0 radical (unpaired) electrons. The number of hydrogen-bond donors (Lipinski definition) is 4. The van der Waals surface area contributed by atoms with Gasteiger partial charge in [-0.25, -0.2) is 9.59 Å². The van der Waals surface area contributed by atoms with Crippen molar-refractivity contribution in [3.05, 3.63) is 60.8 Å². The number of aliphatic hydroxyl groups excluding tert-OH is 1. The van der Waals surface area contributed by atoms with Gasteiger partial charge in [0.25, 0.3) is 0 Å². The van der Waals surface area contributed by atoms with Gasteiger partial charge in [-0.15, -0.1) is 0 Å². The maximum Gasteiger partial charge on any atom is 0.337 e. The molecule has 1 aliphatic rings. The Morgan fingerprint density at radius 1 is 1.25 bits per heavy atom. The Labute approximate surface area is 254 Å². The van der Waals surface area contributed by atoms with Crippen LogP contribution >= 0.6 is 38.5 Å². The van der Waals surface area contributed by atoms with E-state index in [0.29, 0.717) is 35.1 Å². The number of aliphatic hydroxyl groups is 1. The summed E-state index contributed by atoms with van der Waals surface area (Å²) in [5.41, 5.74) is 4.65. The van der Waals surface area contributed by atoms with Crippen LogP contribution in [0.1, 0.15) is 44.9 Å². The quantitative estimate of drug-likeness (QED) is 0.0831. The highest BCUT2D eigenvalue weighted by Crippen LogP contribution is 2.35. The maximum absolute atomic E-state index is 12.4. The van der Waals surface area contributed by atoms with E-state index < -0.39 is 24.3 Å². The van der Waals surface area contributed by atoms with Crippen LogP contribution < -0.4 is 30.3 Å². The Bertz CT molecular complexity index is 1300. The molecule has 2 aromatic rings. The van der Waals surface area contributed by atoms with Crippen LogP contribution in [-0.2, 0) is 9.53 Å². The topological polar surface area (TPSA) is 140 Å². The van der Waals surface area contributed by atoms with Crippen LogP contribution in [-0.4, -0.2) is 56.0 Å². The fourth-order valence-corrected chi connectivity index (χ4v) is 5.53. The molecule has 0 bridgehead atoms. The molecule has 0 fully saturated rings. The minimum atomic E-state index is -1.13. The van der Waals surface area contributed by atoms with E-state index in [1.54, 1.807) is 31.3 Å². The number of rotatable bonds is 12. The molecule has 2 aromatic carbocycles. The van der Waals surface area contributed by atoms with Crippen LogP contribution in [0.2, 0.25) is 0 Å². The number of benzene rings is 2. The number of ether oxygens (including phenoxy) is 4. The number of carbonyl (C=O) groups is 2. The van der Waals surface area contributed by atoms with Crippen LogP contribution in [0.25, 0.3) is 0 Å². The predicted octanol–water partition coefficient (Wildman–Crippen LogP) is 4.36. The fraction of sp³-hybridized carbons (Fsp3) is 0.370. The van der Waals surface area contributed by atoms with Crippen molar-refractivity contribution >= 4 is 56.7 Å². The molecule has 1 heterocycles. The first kappa shape index (κ1) is 31.5. The van der Waals surface area contributed by atoms with Gasteiger partial charge < -0.3 is 34.7 Å². The Morgan fingerprint density at radius 3 is 2.67 bits per heavy atom. The van der Waals surface area contributed by atoms with Crippen molar-refractivity contribution < 1.29 is 33.6 Å². The fourth-order valence-electron chi connectivity index (χ4n) is 3.85. The van der Waals surface area contributed by atoms with E-state index in [2.05, 4.69) is 59.7 Å². The third-order valence-electron chi connectivity index (χ3n) is 5.49. The van der Waals surface area contributed by atoms with Crippen molar-refractivity contribution in [3.8, 4) is 17.2 Å². The first-order valence-electron chi connectivity index (χ1n) is 12.4. The van der Waals surface area contributed by atoms with Crippen LogP contribution in [0.15, 0.2) is 51.2 Å². The second kappa shape index (κ2) is 14.6. The summed E-state index contributed by atoms with van der Waals surface area (Å²) in [7, 11) is 1.28. The average molecular weight is 731 g/mol. The first-order valence-corrected chi connectivity index (χ1v) is 14.3. The van der Waals surface area contributed by atoms with E-state index in [1.165, 1.54) is 7.11 Å². The molecular weight excluding hydrogens is 699 g/mol.